The van der Waals surface area contributed by atoms with Gasteiger partial charge in [-0.2, -0.15) is 5.10 Å². The number of rotatable bonds is 4. The molecule has 1 aliphatic heterocycles. The van der Waals surface area contributed by atoms with Crippen LogP contribution in [-0.4, -0.2) is 58.7 Å². The number of hydrogen-bond donors (Lipinski definition) is 1. The smallest absolute Gasteiger partial charge is 0.274 e. The van der Waals surface area contributed by atoms with Crippen molar-refractivity contribution < 1.29 is 4.79 Å². The van der Waals surface area contributed by atoms with Crippen molar-refractivity contribution in [2.75, 3.05) is 32.9 Å². The molecule has 20 heavy (non-hydrogen) atoms. The molecule has 0 aromatic carbocycles. The normalized spacial score (nSPS) is 19.5. The molecule has 1 aliphatic rings. The van der Waals surface area contributed by atoms with Gasteiger partial charge in [0.05, 0.1) is 11.4 Å². The summed E-state index contributed by atoms with van der Waals surface area (Å²) in [5.41, 5.74) is 7.87. The van der Waals surface area contributed by atoms with Crippen molar-refractivity contribution in [1.29, 1.82) is 0 Å². The van der Waals surface area contributed by atoms with Gasteiger partial charge in [-0.3, -0.25) is 9.48 Å². The van der Waals surface area contributed by atoms with E-state index in [1.54, 1.807) is 16.6 Å². The number of amides is 1. The first-order valence-corrected chi connectivity index (χ1v) is 7.22. The van der Waals surface area contributed by atoms with Gasteiger partial charge in [-0.05, 0) is 32.9 Å². The Hall–Kier alpha value is -1.56. The summed E-state index contributed by atoms with van der Waals surface area (Å²) in [4.78, 5) is 16.7. The Morgan fingerprint density at radius 2 is 2.20 bits per heavy atom. The largest absolute Gasteiger partial charge is 0.395 e. The molecule has 1 amide bonds. The van der Waals surface area contributed by atoms with Crippen LogP contribution in [-0.2, 0) is 13.5 Å². The van der Waals surface area contributed by atoms with Crippen LogP contribution in [0.4, 0.5) is 5.69 Å². The predicted molar refractivity (Wildman–Crippen MR) is 79.6 cm³/mol. The number of carbonyl (C=O) groups is 1. The summed E-state index contributed by atoms with van der Waals surface area (Å²) < 4.78 is 1.60. The Balaban J connectivity index is 2.12. The van der Waals surface area contributed by atoms with E-state index in [0.29, 0.717) is 17.4 Å². The molecular weight excluding hydrogens is 254 g/mol. The third-order valence-corrected chi connectivity index (χ3v) is 4.20. The molecule has 2 rings (SSSR count). The SMILES string of the molecule is CCc1nn(C)c(C(=O)N(C)CC2CCCN2C)c1N. The summed E-state index contributed by atoms with van der Waals surface area (Å²) >= 11 is 0. The van der Waals surface area contributed by atoms with E-state index in [2.05, 4.69) is 17.0 Å². The maximum absolute atomic E-state index is 12.6. The molecule has 0 aliphatic carbocycles. The molecule has 1 saturated heterocycles. The minimum absolute atomic E-state index is 0.0440. The van der Waals surface area contributed by atoms with Crippen LogP contribution in [0.5, 0.6) is 0 Å². The highest BCUT2D eigenvalue weighted by Gasteiger charge is 2.27. The minimum atomic E-state index is -0.0440. The van der Waals surface area contributed by atoms with E-state index >= 15 is 0 Å². The van der Waals surface area contributed by atoms with E-state index in [1.807, 2.05) is 14.0 Å². The lowest BCUT2D eigenvalue weighted by Crippen LogP contribution is -2.40. The van der Waals surface area contributed by atoms with Crippen LogP contribution < -0.4 is 5.73 Å². The van der Waals surface area contributed by atoms with Gasteiger partial charge in [0.2, 0.25) is 0 Å². The van der Waals surface area contributed by atoms with Crippen molar-refractivity contribution in [3.05, 3.63) is 11.4 Å². The van der Waals surface area contributed by atoms with Crippen molar-refractivity contribution in [2.45, 2.75) is 32.2 Å². The zero-order chi connectivity index (χ0) is 14.9. The molecular formula is C14H25N5O. The number of aromatic nitrogens is 2. The summed E-state index contributed by atoms with van der Waals surface area (Å²) in [6.45, 7) is 3.84. The molecule has 1 atom stereocenters. The molecule has 2 N–H and O–H groups in total. The fraction of sp³-hybridized carbons (Fsp3) is 0.714. The number of nitrogen functional groups attached to an aromatic ring is 1. The molecule has 6 nitrogen and oxygen atoms in total. The molecule has 0 spiro atoms. The fourth-order valence-electron chi connectivity index (χ4n) is 2.90. The molecule has 1 unspecified atom stereocenters. The lowest BCUT2D eigenvalue weighted by Gasteiger charge is -2.26. The minimum Gasteiger partial charge on any atom is -0.395 e. The topological polar surface area (TPSA) is 67.4 Å². The first kappa shape index (κ1) is 14.8. The summed E-state index contributed by atoms with van der Waals surface area (Å²) in [5, 5.41) is 4.31. The molecule has 0 radical (unpaired) electrons. The fourth-order valence-corrected chi connectivity index (χ4v) is 2.90. The van der Waals surface area contributed by atoms with Crippen LogP contribution in [0.15, 0.2) is 0 Å². The van der Waals surface area contributed by atoms with Crippen molar-refractivity contribution in [2.24, 2.45) is 7.05 Å². The zero-order valence-electron chi connectivity index (χ0n) is 12.9. The number of likely N-dealkylation sites (tertiary alicyclic amines) is 1. The first-order chi connectivity index (χ1) is 9.45. The maximum atomic E-state index is 12.6. The molecule has 1 fully saturated rings. The molecule has 2 heterocycles. The van der Waals surface area contributed by atoms with E-state index < -0.39 is 0 Å². The number of carbonyl (C=O) groups excluding carboxylic acids is 1. The van der Waals surface area contributed by atoms with Crippen molar-refractivity contribution in [3.8, 4) is 0 Å². The van der Waals surface area contributed by atoms with Crippen LogP contribution >= 0.6 is 0 Å². The predicted octanol–water partition coefficient (Wildman–Crippen LogP) is 0.731. The van der Waals surface area contributed by atoms with Gasteiger partial charge in [-0.15, -0.1) is 0 Å². The van der Waals surface area contributed by atoms with Gasteiger partial charge in [-0.25, -0.2) is 0 Å². The molecule has 0 saturated carbocycles. The summed E-state index contributed by atoms with van der Waals surface area (Å²) in [7, 11) is 5.73. The summed E-state index contributed by atoms with van der Waals surface area (Å²) in [6, 6.07) is 0.448. The second-order valence-corrected chi connectivity index (χ2v) is 5.65. The highest BCUT2D eigenvalue weighted by Crippen LogP contribution is 2.20. The molecule has 6 heteroatoms. The number of likely N-dealkylation sites (N-methyl/N-ethyl adjacent to an activating group) is 2. The summed E-state index contributed by atoms with van der Waals surface area (Å²) in [5.74, 6) is -0.0440. The van der Waals surface area contributed by atoms with E-state index in [-0.39, 0.29) is 5.91 Å². The average Bonchev–Trinajstić information content (AvgIpc) is 2.93. The lowest BCUT2D eigenvalue weighted by molar-refractivity contribution is 0.0751. The Morgan fingerprint density at radius 1 is 1.50 bits per heavy atom. The molecule has 1 aromatic heterocycles. The van der Waals surface area contributed by atoms with Crippen LogP contribution in [0.3, 0.4) is 0 Å². The number of anilines is 1. The van der Waals surface area contributed by atoms with E-state index in [1.165, 1.54) is 6.42 Å². The number of aryl methyl sites for hydroxylation is 2. The number of nitrogens with two attached hydrogens (primary N) is 1. The molecule has 1 aromatic rings. The van der Waals surface area contributed by atoms with Crippen LogP contribution in [0, 0.1) is 0 Å². The van der Waals surface area contributed by atoms with Gasteiger partial charge in [0, 0.05) is 26.7 Å². The Morgan fingerprint density at radius 3 is 2.70 bits per heavy atom. The van der Waals surface area contributed by atoms with E-state index in [4.69, 9.17) is 5.73 Å². The highest BCUT2D eigenvalue weighted by molar-refractivity contribution is 5.97. The maximum Gasteiger partial charge on any atom is 0.274 e. The summed E-state index contributed by atoms with van der Waals surface area (Å²) in [6.07, 6.45) is 3.09. The Bertz CT molecular complexity index is 496. The lowest BCUT2D eigenvalue weighted by atomic mass is 10.2. The van der Waals surface area contributed by atoms with Crippen LogP contribution in [0.25, 0.3) is 0 Å². The van der Waals surface area contributed by atoms with Gasteiger partial charge in [0.1, 0.15) is 5.69 Å². The zero-order valence-corrected chi connectivity index (χ0v) is 12.9. The van der Waals surface area contributed by atoms with Gasteiger partial charge < -0.3 is 15.5 Å². The van der Waals surface area contributed by atoms with Gasteiger partial charge in [0.15, 0.2) is 0 Å². The third-order valence-electron chi connectivity index (χ3n) is 4.20. The second kappa shape index (κ2) is 5.83. The van der Waals surface area contributed by atoms with Crippen molar-refractivity contribution in [1.82, 2.24) is 19.6 Å². The number of hydrogen-bond acceptors (Lipinski definition) is 4. The van der Waals surface area contributed by atoms with Crippen LogP contribution in [0.1, 0.15) is 35.9 Å². The van der Waals surface area contributed by atoms with E-state index in [0.717, 1.165) is 31.6 Å². The number of nitrogens with zero attached hydrogens (tertiary/aromatic N) is 4. The quantitative estimate of drug-likeness (QED) is 0.882. The van der Waals surface area contributed by atoms with Gasteiger partial charge in [-0.1, -0.05) is 6.92 Å². The van der Waals surface area contributed by atoms with Crippen molar-refractivity contribution >= 4 is 11.6 Å². The monoisotopic (exact) mass is 279 g/mol. The average molecular weight is 279 g/mol. The molecule has 0 bridgehead atoms. The van der Waals surface area contributed by atoms with Crippen molar-refractivity contribution in [3.63, 3.8) is 0 Å². The van der Waals surface area contributed by atoms with E-state index in [9.17, 15) is 4.79 Å². The first-order valence-electron chi connectivity index (χ1n) is 7.22. The van der Waals surface area contributed by atoms with Crippen LogP contribution in [0.2, 0.25) is 0 Å². The third kappa shape index (κ3) is 2.65. The second-order valence-electron chi connectivity index (χ2n) is 5.65. The molecule has 112 valence electrons. The highest BCUT2D eigenvalue weighted by atomic mass is 16.2. The van der Waals surface area contributed by atoms with Gasteiger partial charge in [0.25, 0.3) is 5.91 Å². The van der Waals surface area contributed by atoms with Gasteiger partial charge >= 0.3 is 0 Å². The Kier molecular flexibility index (Phi) is 4.32. The standard InChI is InChI=1S/C14H25N5O/c1-5-11-12(15)13(19(4)16-11)14(20)18(3)9-10-7-6-8-17(10)2/h10H,5-9,15H2,1-4H3. The Labute approximate surface area is 120 Å².